The zero-order valence-corrected chi connectivity index (χ0v) is 14.9. The lowest BCUT2D eigenvalue weighted by molar-refractivity contribution is 0.0717. The van der Waals surface area contributed by atoms with Gasteiger partial charge in [-0.15, -0.1) is 9.89 Å². The van der Waals surface area contributed by atoms with Gasteiger partial charge in [-0.25, -0.2) is 0 Å². The predicted octanol–water partition coefficient (Wildman–Crippen LogP) is 2.00. The van der Waals surface area contributed by atoms with Crippen LogP contribution in [0, 0.1) is 20.8 Å². The Bertz CT molecular complexity index is 849. The van der Waals surface area contributed by atoms with Crippen LogP contribution in [0.1, 0.15) is 52.0 Å². The third kappa shape index (κ3) is 3.55. The lowest BCUT2D eigenvalue weighted by Crippen LogP contribution is -2.38. The van der Waals surface area contributed by atoms with Crippen LogP contribution in [0.3, 0.4) is 0 Å². The highest BCUT2D eigenvalue weighted by atomic mass is 16.2. The second kappa shape index (κ2) is 7.04. The van der Waals surface area contributed by atoms with E-state index >= 15 is 0 Å². The van der Waals surface area contributed by atoms with Gasteiger partial charge in [0, 0.05) is 18.7 Å². The number of benzene rings is 1. The Balaban J connectivity index is 1.84. The van der Waals surface area contributed by atoms with Crippen molar-refractivity contribution in [2.45, 2.75) is 40.0 Å². The number of H-pyrrole nitrogens is 1. The summed E-state index contributed by atoms with van der Waals surface area (Å²) < 4.78 is 0. The van der Waals surface area contributed by atoms with Crippen molar-refractivity contribution in [3.63, 3.8) is 0 Å². The standard InChI is InChI=1S/C18H23N5O2/c1-12-9-13(2)15(14(3)10-12)11-19-23-18(25)16(20-21-23)17(24)22-7-5-4-6-8-22/h9-11,21H,4-8H2,1-3H3. The highest BCUT2D eigenvalue weighted by Gasteiger charge is 2.24. The Hall–Kier alpha value is -2.70. The molecule has 1 aliphatic heterocycles. The van der Waals surface area contributed by atoms with Crippen LogP contribution < -0.4 is 5.56 Å². The normalized spacial score (nSPS) is 15.1. The maximum absolute atomic E-state index is 12.4. The van der Waals surface area contributed by atoms with Crippen molar-refractivity contribution < 1.29 is 4.79 Å². The Morgan fingerprint density at radius 3 is 2.44 bits per heavy atom. The molecule has 1 aromatic heterocycles. The number of aromatic amines is 1. The number of piperidine rings is 1. The van der Waals surface area contributed by atoms with E-state index in [1.54, 1.807) is 11.1 Å². The number of likely N-dealkylation sites (tertiary alicyclic amines) is 1. The number of nitrogens with zero attached hydrogens (tertiary/aromatic N) is 4. The Kier molecular flexibility index (Phi) is 4.83. The molecule has 0 unspecified atom stereocenters. The summed E-state index contributed by atoms with van der Waals surface area (Å²) in [6, 6.07) is 4.13. The summed E-state index contributed by atoms with van der Waals surface area (Å²) in [5.74, 6) is -0.322. The summed E-state index contributed by atoms with van der Waals surface area (Å²) in [4.78, 5) is 27.5. The van der Waals surface area contributed by atoms with Crippen LogP contribution >= 0.6 is 0 Å². The molecule has 3 rings (SSSR count). The molecule has 2 heterocycles. The van der Waals surface area contributed by atoms with Gasteiger partial charge in [-0.2, -0.15) is 10.3 Å². The molecule has 7 nitrogen and oxygen atoms in total. The monoisotopic (exact) mass is 341 g/mol. The first-order chi connectivity index (χ1) is 12.0. The van der Waals surface area contributed by atoms with Gasteiger partial charge in [0.15, 0.2) is 0 Å². The minimum absolute atomic E-state index is 0.101. The van der Waals surface area contributed by atoms with Crippen molar-refractivity contribution in [2.75, 3.05) is 13.1 Å². The lowest BCUT2D eigenvalue weighted by atomic mass is 10.0. The summed E-state index contributed by atoms with van der Waals surface area (Å²) in [6.45, 7) is 7.40. The summed E-state index contributed by atoms with van der Waals surface area (Å²) in [5.41, 5.74) is 3.68. The van der Waals surface area contributed by atoms with E-state index in [4.69, 9.17) is 0 Å². The minimum Gasteiger partial charge on any atom is -0.337 e. The first kappa shape index (κ1) is 17.1. The van der Waals surface area contributed by atoms with Crippen molar-refractivity contribution in [1.29, 1.82) is 0 Å². The number of carbonyl (C=O) groups is 1. The molecule has 0 atom stereocenters. The van der Waals surface area contributed by atoms with Crippen LogP contribution in [0.5, 0.6) is 0 Å². The smallest absolute Gasteiger partial charge is 0.320 e. The molecule has 1 fully saturated rings. The number of hydrogen-bond acceptors (Lipinski definition) is 4. The van der Waals surface area contributed by atoms with Gasteiger partial charge >= 0.3 is 5.56 Å². The first-order valence-electron chi connectivity index (χ1n) is 8.56. The van der Waals surface area contributed by atoms with Crippen LogP contribution in [0.2, 0.25) is 0 Å². The van der Waals surface area contributed by atoms with E-state index < -0.39 is 5.56 Å². The van der Waals surface area contributed by atoms with Gasteiger partial charge in [-0.1, -0.05) is 17.7 Å². The molecule has 1 aliphatic rings. The topological polar surface area (TPSA) is 83.3 Å². The van der Waals surface area contributed by atoms with Crippen LogP contribution in [0.4, 0.5) is 0 Å². The zero-order chi connectivity index (χ0) is 18.0. The molecule has 132 valence electrons. The van der Waals surface area contributed by atoms with E-state index in [1.165, 1.54) is 5.56 Å². The van der Waals surface area contributed by atoms with Gasteiger partial charge in [0.1, 0.15) is 0 Å². The fourth-order valence-corrected chi connectivity index (χ4v) is 3.27. The number of hydrogen-bond donors (Lipinski definition) is 1. The molecule has 0 spiro atoms. The van der Waals surface area contributed by atoms with Crippen molar-refractivity contribution in [2.24, 2.45) is 5.10 Å². The summed E-state index contributed by atoms with van der Waals surface area (Å²) >= 11 is 0. The average Bonchev–Trinajstić information content (AvgIpc) is 2.95. The van der Waals surface area contributed by atoms with Gasteiger partial charge in [0.25, 0.3) is 5.91 Å². The highest BCUT2D eigenvalue weighted by molar-refractivity contribution is 5.92. The van der Waals surface area contributed by atoms with E-state index in [0.717, 1.165) is 40.7 Å². The third-order valence-corrected chi connectivity index (χ3v) is 4.54. The van der Waals surface area contributed by atoms with E-state index in [1.807, 2.05) is 20.8 Å². The van der Waals surface area contributed by atoms with Crippen LogP contribution in [-0.2, 0) is 0 Å². The van der Waals surface area contributed by atoms with Crippen molar-refractivity contribution >= 4 is 12.1 Å². The minimum atomic E-state index is -0.519. The number of rotatable bonds is 3. The second-order valence-electron chi connectivity index (χ2n) is 6.59. The third-order valence-electron chi connectivity index (χ3n) is 4.54. The molecule has 7 heteroatoms. The zero-order valence-electron chi connectivity index (χ0n) is 14.9. The largest absolute Gasteiger partial charge is 0.337 e. The van der Waals surface area contributed by atoms with Crippen molar-refractivity contribution in [3.05, 3.63) is 50.4 Å². The predicted molar refractivity (Wildman–Crippen MR) is 96.2 cm³/mol. The molecule has 25 heavy (non-hydrogen) atoms. The molecule has 1 N–H and O–H groups in total. The number of nitrogens with one attached hydrogen (secondary N) is 1. The molecule has 1 saturated heterocycles. The highest BCUT2D eigenvalue weighted by Crippen LogP contribution is 2.14. The quantitative estimate of drug-likeness (QED) is 0.867. The Morgan fingerprint density at radius 1 is 1.16 bits per heavy atom. The summed E-state index contributed by atoms with van der Waals surface area (Å²) in [6.07, 6.45) is 4.68. The molecule has 0 radical (unpaired) electrons. The molecule has 0 saturated carbocycles. The van der Waals surface area contributed by atoms with Crippen LogP contribution in [0.15, 0.2) is 22.0 Å². The average molecular weight is 341 g/mol. The molecule has 1 aromatic carbocycles. The Morgan fingerprint density at radius 2 is 1.80 bits per heavy atom. The molecular formula is C18H23N5O2. The molecule has 1 amide bonds. The van der Waals surface area contributed by atoms with Crippen LogP contribution in [-0.4, -0.2) is 45.2 Å². The molecule has 0 aliphatic carbocycles. The van der Waals surface area contributed by atoms with E-state index in [-0.39, 0.29) is 11.6 Å². The maximum atomic E-state index is 12.4. The van der Waals surface area contributed by atoms with Gasteiger partial charge in [-0.05, 0) is 51.2 Å². The summed E-state index contributed by atoms with van der Waals surface area (Å²) in [7, 11) is 0. The molecule has 0 bridgehead atoms. The van der Waals surface area contributed by atoms with Gasteiger partial charge < -0.3 is 4.90 Å². The molecular weight excluding hydrogens is 318 g/mol. The molecule has 2 aromatic rings. The summed E-state index contributed by atoms with van der Waals surface area (Å²) in [5, 5.41) is 10.6. The number of carbonyl (C=O) groups excluding carboxylic acids is 1. The Labute approximate surface area is 146 Å². The van der Waals surface area contributed by atoms with Crippen molar-refractivity contribution in [3.8, 4) is 0 Å². The SMILES string of the molecule is Cc1cc(C)c(C=Nn2[nH]nc(C(=O)N3CCCCC3)c2=O)c(C)c1. The van der Waals surface area contributed by atoms with Gasteiger partial charge in [0.05, 0.1) is 6.21 Å². The van der Waals surface area contributed by atoms with E-state index in [2.05, 4.69) is 27.5 Å². The van der Waals surface area contributed by atoms with Gasteiger partial charge in [-0.3, -0.25) is 9.59 Å². The fraction of sp³-hybridized carbons (Fsp3) is 0.444. The van der Waals surface area contributed by atoms with Crippen molar-refractivity contribution in [1.82, 2.24) is 20.0 Å². The number of amides is 1. The fourth-order valence-electron chi connectivity index (χ4n) is 3.27. The number of aromatic nitrogens is 3. The van der Waals surface area contributed by atoms with E-state index in [9.17, 15) is 9.59 Å². The lowest BCUT2D eigenvalue weighted by Gasteiger charge is -2.25. The first-order valence-corrected chi connectivity index (χ1v) is 8.56. The number of aryl methyl sites for hydroxylation is 3. The maximum Gasteiger partial charge on any atom is 0.320 e. The van der Waals surface area contributed by atoms with Crippen LogP contribution in [0.25, 0.3) is 0 Å². The second-order valence-corrected chi connectivity index (χ2v) is 6.59. The van der Waals surface area contributed by atoms with Gasteiger partial charge in [0.2, 0.25) is 5.69 Å². The van der Waals surface area contributed by atoms with E-state index in [0.29, 0.717) is 13.1 Å².